The van der Waals surface area contributed by atoms with E-state index in [0.717, 1.165) is 17.9 Å². The van der Waals surface area contributed by atoms with Gasteiger partial charge in [-0.3, -0.25) is 4.79 Å². The fraction of sp³-hybridized carbons (Fsp3) is 0.381. The van der Waals surface area contributed by atoms with Crippen LogP contribution in [0.2, 0.25) is 0 Å². The summed E-state index contributed by atoms with van der Waals surface area (Å²) in [6, 6.07) is 15.3. The molecule has 1 atom stereocenters. The highest BCUT2D eigenvalue weighted by atomic mass is 16.5. The summed E-state index contributed by atoms with van der Waals surface area (Å²) in [4.78, 5) is 12.5. The molecular weight excluding hydrogens is 298 g/mol. The van der Waals surface area contributed by atoms with Gasteiger partial charge in [0, 0.05) is 11.3 Å². The largest absolute Gasteiger partial charge is 0.493 e. The first-order chi connectivity index (χ1) is 11.5. The summed E-state index contributed by atoms with van der Waals surface area (Å²) >= 11 is 0. The molecule has 2 aromatic carbocycles. The molecule has 0 heterocycles. The van der Waals surface area contributed by atoms with Crippen LogP contribution in [0.4, 0.5) is 5.69 Å². The average molecular weight is 325 g/mol. The van der Waals surface area contributed by atoms with Crippen LogP contribution >= 0.6 is 0 Å². The highest BCUT2D eigenvalue weighted by Crippen LogP contribution is 2.27. The molecular formula is C21H27NO2. The van der Waals surface area contributed by atoms with Crippen LogP contribution in [0.3, 0.4) is 0 Å². The van der Waals surface area contributed by atoms with Crippen molar-refractivity contribution in [2.24, 2.45) is 5.92 Å². The van der Waals surface area contributed by atoms with Gasteiger partial charge >= 0.3 is 0 Å². The molecule has 0 unspecified atom stereocenters. The minimum Gasteiger partial charge on any atom is -0.493 e. The van der Waals surface area contributed by atoms with Crippen molar-refractivity contribution >= 4 is 11.6 Å². The van der Waals surface area contributed by atoms with Crippen LogP contribution in [0.1, 0.15) is 56.0 Å². The van der Waals surface area contributed by atoms with Gasteiger partial charge in [-0.1, -0.05) is 45.9 Å². The van der Waals surface area contributed by atoms with Gasteiger partial charge in [0.25, 0.3) is 5.91 Å². The Bertz CT molecular complexity index is 662. The lowest BCUT2D eigenvalue weighted by Crippen LogP contribution is -2.14. The molecule has 0 saturated carbocycles. The summed E-state index contributed by atoms with van der Waals surface area (Å²) in [5.74, 6) is 1.58. The van der Waals surface area contributed by atoms with Gasteiger partial charge in [-0.25, -0.2) is 0 Å². The fourth-order valence-corrected chi connectivity index (χ4v) is 2.42. The zero-order chi connectivity index (χ0) is 17.5. The number of hydrogen-bond donors (Lipinski definition) is 1. The van der Waals surface area contributed by atoms with Crippen LogP contribution in [0, 0.1) is 5.92 Å². The van der Waals surface area contributed by atoms with Crippen molar-refractivity contribution in [2.45, 2.75) is 40.0 Å². The van der Waals surface area contributed by atoms with E-state index in [-0.39, 0.29) is 5.91 Å². The molecule has 0 fully saturated rings. The van der Waals surface area contributed by atoms with Gasteiger partial charge in [-0.05, 0) is 54.2 Å². The Morgan fingerprint density at radius 2 is 1.71 bits per heavy atom. The van der Waals surface area contributed by atoms with E-state index in [4.69, 9.17) is 4.74 Å². The fourth-order valence-electron chi connectivity index (χ4n) is 2.42. The normalized spacial score (nSPS) is 12.0. The summed E-state index contributed by atoms with van der Waals surface area (Å²) in [5, 5.41) is 3.03. The van der Waals surface area contributed by atoms with Crippen LogP contribution in [0.15, 0.2) is 48.5 Å². The first-order valence-electron chi connectivity index (χ1n) is 8.64. The molecule has 0 saturated heterocycles. The number of benzene rings is 2. The van der Waals surface area contributed by atoms with Crippen LogP contribution in [-0.2, 0) is 0 Å². The van der Waals surface area contributed by atoms with Gasteiger partial charge in [-0.15, -0.1) is 0 Å². The monoisotopic (exact) mass is 325 g/mol. The molecule has 128 valence electrons. The van der Waals surface area contributed by atoms with E-state index in [1.807, 2.05) is 30.3 Å². The van der Waals surface area contributed by atoms with Crippen molar-refractivity contribution in [2.75, 3.05) is 11.9 Å². The molecule has 0 aliphatic heterocycles. The summed E-state index contributed by atoms with van der Waals surface area (Å²) in [6.07, 6.45) is 1.04. The molecule has 3 heteroatoms. The number of carbonyl (C=O) groups is 1. The number of anilines is 1. The first-order valence-corrected chi connectivity index (χ1v) is 8.64. The highest BCUT2D eigenvalue weighted by molar-refractivity contribution is 6.04. The Hall–Kier alpha value is -2.29. The molecule has 0 spiro atoms. The molecule has 0 aliphatic carbocycles. The molecule has 1 amide bonds. The van der Waals surface area contributed by atoms with Gasteiger partial charge in [0.2, 0.25) is 0 Å². The lowest BCUT2D eigenvalue weighted by atomic mass is 9.97. The summed E-state index contributed by atoms with van der Waals surface area (Å²) in [6.45, 7) is 9.21. The first kappa shape index (κ1) is 18.1. The molecule has 0 radical (unpaired) electrons. The summed E-state index contributed by atoms with van der Waals surface area (Å²) in [5.41, 5.74) is 2.69. The van der Waals surface area contributed by atoms with Crippen molar-refractivity contribution in [3.8, 4) is 5.75 Å². The third kappa shape index (κ3) is 4.85. The second-order valence-corrected chi connectivity index (χ2v) is 6.58. The van der Waals surface area contributed by atoms with Gasteiger partial charge in [0.15, 0.2) is 0 Å². The molecule has 24 heavy (non-hydrogen) atoms. The van der Waals surface area contributed by atoms with Crippen molar-refractivity contribution in [3.63, 3.8) is 0 Å². The van der Waals surface area contributed by atoms with Gasteiger partial charge < -0.3 is 10.1 Å². The summed E-state index contributed by atoms with van der Waals surface area (Å²) in [7, 11) is 0. The van der Waals surface area contributed by atoms with Crippen LogP contribution in [0.5, 0.6) is 5.75 Å². The highest BCUT2D eigenvalue weighted by Gasteiger charge is 2.12. The molecule has 0 aromatic heterocycles. The van der Waals surface area contributed by atoms with Gasteiger partial charge in [-0.2, -0.15) is 0 Å². The van der Waals surface area contributed by atoms with E-state index in [9.17, 15) is 4.79 Å². The molecule has 1 N–H and O–H groups in total. The Morgan fingerprint density at radius 1 is 1.04 bits per heavy atom. The standard InChI is InChI=1S/C21H27NO2/c1-5-16(4)19-8-6-7-9-20(19)22-21(23)17-10-12-18(13-11-17)24-14-15(2)3/h6-13,15-16H,5,14H2,1-4H3,(H,22,23)/t16-/m1/s1. The Morgan fingerprint density at radius 3 is 2.33 bits per heavy atom. The second-order valence-electron chi connectivity index (χ2n) is 6.58. The SMILES string of the molecule is CC[C@@H](C)c1ccccc1NC(=O)c1ccc(OCC(C)C)cc1. The maximum Gasteiger partial charge on any atom is 0.255 e. The second kappa shape index (κ2) is 8.53. The predicted molar refractivity (Wildman–Crippen MR) is 99.9 cm³/mol. The number of nitrogens with one attached hydrogen (secondary N) is 1. The third-order valence-electron chi connectivity index (χ3n) is 4.05. The van der Waals surface area contributed by atoms with Crippen LogP contribution in [0.25, 0.3) is 0 Å². The van der Waals surface area contributed by atoms with E-state index in [0.29, 0.717) is 24.0 Å². The van der Waals surface area contributed by atoms with E-state index in [1.54, 1.807) is 12.1 Å². The maximum atomic E-state index is 12.5. The number of carbonyl (C=O) groups excluding carboxylic acids is 1. The van der Waals surface area contributed by atoms with Gasteiger partial charge in [0.05, 0.1) is 6.61 Å². The topological polar surface area (TPSA) is 38.3 Å². The van der Waals surface area contributed by atoms with E-state index in [2.05, 4.69) is 39.1 Å². The lowest BCUT2D eigenvalue weighted by Gasteiger charge is -2.15. The third-order valence-corrected chi connectivity index (χ3v) is 4.05. The van der Waals surface area contributed by atoms with E-state index >= 15 is 0 Å². The maximum absolute atomic E-state index is 12.5. The van der Waals surface area contributed by atoms with Crippen LogP contribution in [-0.4, -0.2) is 12.5 Å². The zero-order valence-electron chi connectivity index (χ0n) is 15.0. The van der Waals surface area contributed by atoms with Crippen LogP contribution < -0.4 is 10.1 Å². The minimum absolute atomic E-state index is 0.0961. The van der Waals surface area contributed by atoms with Crippen molar-refractivity contribution in [1.82, 2.24) is 0 Å². The lowest BCUT2D eigenvalue weighted by molar-refractivity contribution is 0.102. The quantitative estimate of drug-likeness (QED) is 0.731. The molecule has 2 aromatic rings. The van der Waals surface area contributed by atoms with Crippen molar-refractivity contribution < 1.29 is 9.53 Å². The van der Waals surface area contributed by atoms with E-state index < -0.39 is 0 Å². The zero-order valence-corrected chi connectivity index (χ0v) is 15.0. The molecule has 0 bridgehead atoms. The minimum atomic E-state index is -0.0961. The van der Waals surface area contributed by atoms with E-state index in [1.165, 1.54) is 5.56 Å². The predicted octanol–water partition coefficient (Wildman–Crippen LogP) is 5.49. The van der Waals surface area contributed by atoms with Gasteiger partial charge in [0.1, 0.15) is 5.75 Å². The van der Waals surface area contributed by atoms with Crippen molar-refractivity contribution in [3.05, 3.63) is 59.7 Å². The smallest absolute Gasteiger partial charge is 0.255 e. The summed E-state index contributed by atoms with van der Waals surface area (Å²) < 4.78 is 5.65. The number of rotatable bonds is 7. The molecule has 0 aliphatic rings. The molecule has 2 rings (SSSR count). The number of hydrogen-bond acceptors (Lipinski definition) is 2. The Kier molecular flexibility index (Phi) is 6.42. The Labute approximate surface area is 145 Å². The average Bonchev–Trinajstić information content (AvgIpc) is 2.60. The Balaban J connectivity index is 2.08. The number of amides is 1. The number of para-hydroxylation sites is 1. The van der Waals surface area contributed by atoms with Crippen molar-refractivity contribution in [1.29, 1.82) is 0 Å². The number of ether oxygens (including phenoxy) is 1. The molecule has 3 nitrogen and oxygen atoms in total.